The van der Waals surface area contributed by atoms with Crippen molar-refractivity contribution in [3.8, 4) is 69.7 Å². The van der Waals surface area contributed by atoms with Gasteiger partial charge in [-0.25, -0.2) is 9.97 Å². The number of nitrogens with zero attached hydrogens (tertiary/aromatic N) is 4. The third-order valence-electron chi connectivity index (χ3n) is 11.2. The third-order valence-corrected chi connectivity index (χ3v) is 11.2. The Hall–Kier alpha value is -8.06. The average molecular weight is 741 g/mol. The van der Waals surface area contributed by atoms with Crippen molar-refractivity contribution in [2.75, 3.05) is 0 Å². The van der Waals surface area contributed by atoms with Gasteiger partial charge in [-0.2, -0.15) is 0 Å². The molecule has 0 saturated carbocycles. The third kappa shape index (κ3) is 5.89. The molecule has 0 amide bonds. The fraction of sp³-hybridized carbons (Fsp3) is 0.0385. The Morgan fingerprint density at radius 3 is 1.38 bits per heavy atom. The van der Waals surface area contributed by atoms with Crippen LogP contribution in [0.5, 0.6) is 0 Å². The van der Waals surface area contributed by atoms with Crippen molar-refractivity contribution in [2.24, 2.45) is 9.98 Å². The van der Waals surface area contributed by atoms with E-state index < -0.39 is 0 Å². The summed E-state index contributed by atoms with van der Waals surface area (Å²) in [5.41, 5.74) is 20.6. The molecule has 0 spiro atoms. The molecule has 0 atom stereocenters. The molecule has 11 rings (SSSR count). The van der Waals surface area contributed by atoms with Crippen LogP contribution in [0.2, 0.25) is 0 Å². The van der Waals surface area contributed by atoms with E-state index in [0.717, 1.165) is 125 Å². The summed E-state index contributed by atoms with van der Waals surface area (Å²) in [6.07, 6.45) is 12.8. The van der Waals surface area contributed by atoms with E-state index in [4.69, 9.17) is 32.8 Å². The summed E-state index contributed by atoms with van der Waals surface area (Å²) in [6, 6.07) is 50.2. The molecule has 2 aliphatic rings. The number of benzene rings is 7. The maximum Gasteiger partial charge on any atom is 0.138 e. The summed E-state index contributed by atoms with van der Waals surface area (Å²) < 4.78 is 0. The number of nitrogens with one attached hydrogen (secondary N) is 2. The van der Waals surface area contributed by atoms with Crippen LogP contribution in [0.1, 0.15) is 33.4 Å². The number of terminal acetylenes is 2. The van der Waals surface area contributed by atoms with Crippen LogP contribution in [0.3, 0.4) is 0 Å². The zero-order chi connectivity index (χ0) is 38.7. The number of hydrogen-bond donors (Lipinski definition) is 2. The van der Waals surface area contributed by atoms with Crippen LogP contribution in [0.4, 0.5) is 11.4 Å². The monoisotopic (exact) mass is 740 g/mol. The highest BCUT2D eigenvalue weighted by atomic mass is 14.9. The number of hydrogen-bond acceptors (Lipinski definition) is 4. The van der Waals surface area contributed by atoms with Gasteiger partial charge in [0.05, 0.1) is 44.9 Å². The number of rotatable bonds is 6. The Morgan fingerprint density at radius 2 is 0.845 bits per heavy atom. The lowest BCUT2D eigenvalue weighted by molar-refractivity contribution is 1.33. The van der Waals surface area contributed by atoms with E-state index in [1.165, 1.54) is 11.1 Å². The van der Waals surface area contributed by atoms with Crippen LogP contribution in [0.25, 0.3) is 67.1 Å². The lowest BCUT2D eigenvalue weighted by atomic mass is 9.98. The Labute approximate surface area is 335 Å². The molecule has 9 aromatic rings. The molecule has 0 bridgehead atoms. The zero-order valence-electron chi connectivity index (χ0n) is 31.2. The molecule has 0 aliphatic carbocycles. The normalized spacial score (nSPS) is 12.9. The first-order chi connectivity index (χ1) is 28.5. The highest BCUT2D eigenvalue weighted by Crippen LogP contribution is 2.37. The number of H-pyrrole nitrogens is 2. The predicted molar refractivity (Wildman–Crippen MR) is 236 cm³/mol. The van der Waals surface area contributed by atoms with Gasteiger partial charge < -0.3 is 9.97 Å². The van der Waals surface area contributed by atoms with Crippen LogP contribution in [-0.2, 0) is 12.8 Å². The van der Waals surface area contributed by atoms with E-state index in [0.29, 0.717) is 0 Å². The first-order valence-electron chi connectivity index (χ1n) is 19.2. The van der Waals surface area contributed by atoms with Crippen molar-refractivity contribution in [1.29, 1.82) is 0 Å². The smallest absolute Gasteiger partial charge is 0.138 e. The second-order valence-electron chi connectivity index (χ2n) is 14.8. The lowest BCUT2D eigenvalue weighted by Gasteiger charge is -2.05. The fourth-order valence-electron chi connectivity index (χ4n) is 8.13. The minimum atomic E-state index is 0.751. The zero-order valence-corrected chi connectivity index (χ0v) is 31.2. The summed E-state index contributed by atoms with van der Waals surface area (Å²) in [5, 5.41) is 0. The van der Waals surface area contributed by atoms with E-state index >= 15 is 0 Å². The van der Waals surface area contributed by atoms with E-state index in [9.17, 15) is 0 Å². The minimum Gasteiger partial charge on any atom is -0.338 e. The molecule has 4 heterocycles. The Kier molecular flexibility index (Phi) is 7.64. The van der Waals surface area contributed by atoms with Gasteiger partial charge in [0.1, 0.15) is 11.6 Å². The van der Waals surface area contributed by atoms with Gasteiger partial charge in [-0.15, -0.1) is 12.8 Å². The highest BCUT2D eigenvalue weighted by molar-refractivity contribution is 6.08. The van der Waals surface area contributed by atoms with E-state index in [2.05, 4.69) is 125 Å². The van der Waals surface area contributed by atoms with Crippen molar-refractivity contribution in [3.63, 3.8) is 0 Å². The molecule has 0 saturated heterocycles. The summed E-state index contributed by atoms with van der Waals surface area (Å²) in [6.45, 7) is 0. The van der Waals surface area contributed by atoms with Crippen LogP contribution in [0, 0.1) is 24.7 Å². The summed E-state index contributed by atoms with van der Waals surface area (Å²) >= 11 is 0. The minimum absolute atomic E-state index is 0.751. The molecule has 0 radical (unpaired) electrons. The van der Waals surface area contributed by atoms with Gasteiger partial charge >= 0.3 is 0 Å². The van der Waals surface area contributed by atoms with Crippen LogP contribution >= 0.6 is 0 Å². The van der Waals surface area contributed by atoms with Crippen LogP contribution in [0.15, 0.2) is 156 Å². The first kappa shape index (κ1) is 33.3. The van der Waals surface area contributed by atoms with Gasteiger partial charge in [0.2, 0.25) is 0 Å². The van der Waals surface area contributed by atoms with Gasteiger partial charge in [0.15, 0.2) is 0 Å². The Balaban J connectivity index is 0.813. The number of aromatic nitrogens is 4. The summed E-state index contributed by atoms with van der Waals surface area (Å²) in [7, 11) is 0. The molecule has 0 fully saturated rings. The number of fused-ring (bicyclic) bond motifs is 4. The molecule has 0 unspecified atom stereocenters. The van der Waals surface area contributed by atoms with Crippen molar-refractivity contribution >= 4 is 44.9 Å². The maximum atomic E-state index is 5.65. The van der Waals surface area contributed by atoms with Gasteiger partial charge in [-0.1, -0.05) is 78.6 Å². The van der Waals surface area contributed by atoms with E-state index in [1.54, 1.807) is 0 Å². The molecule has 2 N–H and O–H groups in total. The van der Waals surface area contributed by atoms with Gasteiger partial charge in [-0.3, -0.25) is 9.98 Å². The van der Waals surface area contributed by atoms with Gasteiger partial charge in [0.25, 0.3) is 0 Å². The maximum absolute atomic E-state index is 5.65. The summed E-state index contributed by atoms with van der Waals surface area (Å²) in [4.78, 5) is 27.0. The van der Waals surface area contributed by atoms with E-state index in [1.807, 2.05) is 42.5 Å². The van der Waals surface area contributed by atoms with Gasteiger partial charge in [-0.05, 0) is 123 Å². The summed E-state index contributed by atoms with van der Waals surface area (Å²) in [5.74, 6) is 7.07. The highest BCUT2D eigenvalue weighted by Gasteiger charge is 2.20. The average Bonchev–Trinajstić information content (AvgIpc) is 4.10. The second-order valence-corrected chi connectivity index (χ2v) is 14.8. The topological polar surface area (TPSA) is 82.1 Å². The Morgan fingerprint density at radius 1 is 0.414 bits per heavy atom. The second kappa shape index (κ2) is 13.3. The van der Waals surface area contributed by atoms with Crippen LogP contribution < -0.4 is 0 Å². The molecular weight excluding hydrogens is 709 g/mol. The molecule has 7 aromatic carbocycles. The van der Waals surface area contributed by atoms with E-state index in [-0.39, 0.29) is 0 Å². The molecular formula is C52H32N6. The number of imidazole rings is 2. The molecule has 6 heteroatoms. The van der Waals surface area contributed by atoms with Crippen molar-refractivity contribution in [2.45, 2.75) is 12.8 Å². The lowest BCUT2D eigenvalue weighted by Crippen LogP contribution is -2.00. The van der Waals surface area contributed by atoms with Crippen molar-refractivity contribution < 1.29 is 0 Å². The number of aliphatic imine (C=N–C) groups is 2. The SMILES string of the molecule is C#Cc1cccc(C2=Nc3ccc(-c4ccc5[nH]c(-c6cccc(C7=Nc8ccc(-c9ccc%10[nH]c(-c%11cccc(C#C)c%11)nc%10c9)cc8C7)c6)nc5c4)cc3C2)c1. The Bertz CT molecular complexity index is 3320. The van der Waals surface area contributed by atoms with Crippen molar-refractivity contribution in [1.82, 2.24) is 19.9 Å². The fourth-order valence-corrected chi connectivity index (χ4v) is 8.13. The molecule has 2 aliphatic heterocycles. The molecule has 270 valence electrons. The quantitative estimate of drug-likeness (QED) is 0.166. The van der Waals surface area contributed by atoms with Crippen molar-refractivity contribution in [3.05, 3.63) is 179 Å². The van der Waals surface area contributed by atoms with Crippen LogP contribution in [-0.4, -0.2) is 31.4 Å². The molecule has 58 heavy (non-hydrogen) atoms. The first-order valence-corrected chi connectivity index (χ1v) is 19.2. The number of aromatic amines is 2. The predicted octanol–water partition coefficient (Wildman–Crippen LogP) is 11.4. The molecule has 2 aromatic heterocycles. The molecule has 6 nitrogen and oxygen atoms in total. The largest absolute Gasteiger partial charge is 0.338 e. The van der Waals surface area contributed by atoms with Gasteiger partial charge in [0, 0.05) is 35.1 Å². The standard InChI is InChI=1S/C52H32N6/c1-3-31-8-5-10-37(22-31)47-29-41-24-33(14-18-43(41)53-47)36-17-21-46-50(28-36)58-52(56-46)40-13-7-11-38(26-40)48-30-42-25-34(15-19-44(42)54-48)35-16-20-45-49(27-35)57-51(55-45)39-12-6-9-32(4-2)23-39/h1-2,5-28H,29-30H2,(H,55,57)(H,56,58).